The van der Waals surface area contributed by atoms with E-state index < -0.39 is 0 Å². The average molecular weight is 268 g/mol. The van der Waals surface area contributed by atoms with E-state index in [1.54, 1.807) is 6.20 Å². The fourth-order valence-corrected chi connectivity index (χ4v) is 1.79. The summed E-state index contributed by atoms with van der Waals surface area (Å²) in [6, 6.07) is 0.160. The Bertz CT molecular complexity index is 368. The van der Waals surface area contributed by atoms with E-state index in [0.717, 1.165) is 19.3 Å². The molecule has 4 N–H and O–H groups in total. The number of aromatic nitrogens is 2. The predicted octanol–water partition coefficient (Wildman–Crippen LogP) is 1.81. The first-order valence-electron chi connectivity index (χ1n) is 6.83. The molecule has 0 unspecified atom stereocenters. The number of nitrogens with zero attached hydrogens (tertiary/aromatic N) is 2. The molecule has 0 aliphatic rings. The second-order valence-electron chi connectivity index (χ2n) is 4.43. The largest absolute Gasteiger partial charge is 0.488 e. The van der Waals surface area contributed by atoms with Crippen LogP contribution < -0.4 is 15.8 Å². The van der Waals surface area contributed by atoms with Gasteiger partial charge in [0.2, 0.25) is 5.95 Å². The highest BCUT2D eigenvalue weighted by atomic mass is 16.5. The minimum absolute atomic E-state index is 0.142. The second kappa shape index (κ2) is 8.53. The van der Waals surface area contributed by atoms with Crippen LogP contribution >= 0.6 is 0 Å². The van der Waals surface area contributed by atoms with E-state index in [2.05, 4.69) is 22.2 Å². The molecule has 0 fully saturated rings. The van der Waals surface area contributed by atoms with Crippen LogP contribution in [0.5, 0.6) is 5.75 Å². The van der Waals surface area contributed by atoms with Gasteiger partial charge in [-0.3, -0.25) is 0 Å². The first kappa shape index (κ1) is 15.5. The maximum Gasteiger partial charge on any atom is 0.222 e. The number of nitrogen functional groups attached to an aromatic ring is 1. The summed E-state index contributed by atoms with van der Waals surface area (Å²) in [5, 5.41) is 12.4. The van der Waals surface area contributed by atoms with E-state index >= 15 is 0 Å². The SMILES string of the molecule is CCCOc1cnc(N)nc1N[C@@H](CCC)CCO. The number of aliphatic hydroxyl groups excluding tert-OH is 1. The molecule has 6 heteroatoms. The molecule has 1 rings (SSSR count). The van der Waals surface area contributed by atoms with Gasteiger partial charge in [0.25, 0.3) is 0 Å². The topological polar surface area (TPSA) is 93.3 Å². The van der Waals surface area contributed by atoms with Crippen molar-refractivity contribution in [1.29, 1.82) is 0 Å². The normalized spacial score (nSPS) is 12.2. The van der Waals surface area contributed by atoms with Crippen LogP contribution in [0, 0.1) is 0 Å². The first-order valence-corrected chi connectivity index (χ1v) is 6.83. The van der Waals surface area contributed by atoms with Gasteiger partial charge in [0.05, 0.1) is 12.8 Å². The summed E-state index contributed by atoms with van der Waals surface area (Å²) >= 11 is 0. The predicted molar refractivity (Wildman–Crippen MR) is 76.3 cm³/mol. The number of rotatable bonds is 9. The van der Waals surface area contributed by atoms with E-state index in [0.29, 0.717) is 24.6 Å². The maximum absolute atomic E-state index is 9.08. The molecule has 0 aliphatic carbocycles. The monoisotopic (exact) mass is 268 g/mol. The van der Waals surface area contributed by atoms with E-state index in [-0.39, 0.29) is 18.6 Å². The van der Waals surface area contributed by atoms with Crippen molar-refractivity contribution in [2.75, 3.05) is 24.3 Å². The van der Waals surface area contributed by atoms with Crippen LogP contribution in [0.2, 0.25) is 0 Å². The molecule has 0 radical (unpaired) electrons. The van der Waals surface area contributed by atoms with Gasteiger partial charge < -0.3 is 20.9 Å². The van der Waals surface area contributed by atoms with Crippen LogP contribution in [0.3, 0.4) is 0 Å². The number of anilines is 2. The summed E-state index contributed by atoms with van der Waals surface area (Å²) in [5.74, 6) is 1.42. The van der Waals surface area contributed by atoms with Gasteiger partial charge in [0.1, 0.15) is 0 Å². The molecule has 0 saturated heterocycles. The number of nitrogens with two attached hydrogens (primary N) is 1. The van der Waals surface area contributed by atoms with E-state index in [9.17, 15) is 0 Å². The summed E-state index contributed by atoms with van der Waals surface area (Å²) in [4.78, 5) is 8.12. The Kier molecular flexibility index (Phi) is 6.95. The summed E-state index contributed by atoms with van der Waals surface area (Å²) in [6.45, 7) is 4.90. The molecule has 108 valence electrons. The number of nitrogens with one attached hydrogen (secondary N) is 1. The summed E-state index contributed by atoms with van der Waals surface area (Å²) in [6.07, 6.45) is 5.16. The number of hydrogen-bond acceptors (Lipinski definition) is 6. The molecular formula is C13H24N4O2. The van der Waals surface area contributed by atoms with Crippen molar-refractivity contribution < 1.29 is 9.84 Å². The van der Waals surface area contributed by atoms with Gasteiger partial charge in [-0.15, -0.1) is 0 Å². The lowest BCUT2D eigenvalue weighted by atomic mass is 10.1. The Balaban J connectivity index is 2.79. The third-order valence-electron chi connectivity index (χ3n) is 2.69. The smallest absolute Gasteiger partial charge is 0.222 e. The number of hydrogen-bond donors (Lipinski definition) is 3. The lowest BCUT2D eigenvalue weighted by Crippen LogP contribution is -2.22. The van der Waals surface area contributed by atoms with Crippen LogP contribution in [-0.2, 0) is 0 Å². The Hall–Kier alpha value is -1.56. The van der Waals surface area contributed by atoms with Crippen molar-refractivity contribution in [3.63, 3.8) is 0 Å². The van der Waals surface area contributed by atoms with Crippen molar-refractivity contribution in [3.8, 4) is 5.75 Å². The van der Waals surface area contributed by atoms with Crippen LogP contribution in [0.1, 0.15) is 39.5 Å². The molecule has 1 aromatic rings. The number of ether oxygens (including phenoxy) is 1. The molecule has 19 heavy (non-hydrogen) atoms. The van der Waals surface area contributed by atoms with Crippen molar-refractivity contribution in [2.45, 2.75) is 45.6 Å². The molecule has 0 aromatic carbocycles. The quantitative estimate of drug-likeness (QED) is 0.632. The Labute approximate surface area is 114 Å². The van der Waals surface area contributed by atoms with Gasteiger partial charge in [0, 0.05) is 12.6 Å². The zero-order valence-electron chi connectivity index (χ0n) is 11.7. The zero-order valence-corrected chi connectivity index (χ0v) is 11.7. The second-order valence-corrected chi connectivity index (χ2v) is 4.43. The Morgan fingerprint density at radius 3 is 2.79 bits per heavy atom. The molecule has 0 bridgehead atoms. The fourth-order valence-electron chi connectivity index (χ4n) is 1.79. The summed E-state index contributed by atoms with van der Waals surface area (Å²) in [7, 11) is 0. The molecule has 1 aromatic heterocycles. The molecule has 0 spiro atoms. The highest BCUT2D eigenvalue weighted by Crippen LogP contribution is 2.23. The van der Waals surface area contributed by atoms with Gasteiger partial charge in [-0.1, -0.05) is 20.3 Å². The van der Waals surface area contributed by atoms with Crippen molar-refractivity contribution in [1.82, 2.24) is 9.97 Å². The van der Waals surface area contributed by atoms with Gasteiger partial charge >= 0.3 is 0 Å². The highest BCUT2D eigenvalue weighted by molar-refractivity contribution is 5.51. The fraction of sp³-hybridized carbons (Fsp3) is 0.692. The first-order chi connectivity index (χ1) is 9.21. The maximum atomic E-state index is 9.08. The minimum atomic E-state index is 0.142. The molecule has 0 amide bonds. The lowest BCUT2D eigenvalue weighted by molar-refractivity contribution is 0.276. The Morgan fingerprint density at radius 2 is 2.16 bits per heavy atom. The van der Waals surface area contributed by atoms with E-state index in [1.807, 2.05) is 6.92 Å². The van der Waals surface area contributed by atoms with Crippen molar-refractivity contribution >= 4 is 11.8 Å². The van der Waals surface area contributed by atoms with Crippen molar-refractivity contribution in [2.24, 2.45) is 0 Å². The van der Waals surface area contributed by atoms with Gasteiger partial charge in [-0.05, 0) is 19.3 Å². The molecule has 1 atom stereocenters. The van der Waals surface area contributed by atoms with Crippen LogP contribution in [0.25, 0.3) is 0 Å². The van der Waals surface area contributed by atoms with Crippen molar-refractivity contribution in [3.05, 3.63) is 6.20 Å². The van der Waals surface area contributed by atoms with Gasteiger partial charge in [0.15, 0.2) is 11.6 Å². The van der Waals surface area contributed by atoms with E-state index in [4.69, 9.17) is 15.6 Å². The molecule has 6 nitrogen and oxygen atoms in total. The number of aliphatic hydroxyl groups is 1. The molecular weight excluding hydrogens is 244 g/mol. The third kappa shape index (κ3) is 5.30. The zero-order chi connectivity index (χ0) is 14.1. The lowest BCUT2D eigenvalue weighted by Gasteiger charge is -2.19. The van der Waals surface area contributed by atoms with Crippen LogP contribution in [0.15, 0.2) is 6.20 Å². The average Bonchev–Trinajstić information content (AvgIpc) is 2.38. The van der Waals surface area contributed by atoms with Crippen LogP contribution in [-0.4, -0.2) is 34.3 Å². The molecule has 1 heterocycles. The highest BCUT2D eigenvalue weighted by Gasteiger charge is 2.13. The van der Waals surface area contributed by atoms with E-state index in [1.165, 1.54) is 0 Å². The standard InChI is InChI=1S/C13H24N4O2/c1-3-5-10(6-7-18)16-12-11(19-8-4-2)9-15-13(14)17-12/h9-10,18H,3-8H2,1-2H3,(H3,14,15,16,17)/t10-/m0/s1. The Morgan fingerprint density at radius 1 is 1.37 bits per heavy atom. The third-order valence-corrected chi connectivity index (χ3v) is 2.69. The summed E-state index contributed by atoms with van der Waals surface area (Å²) in [5.41, 5.74) is 5.61. The van der Waals surface area contributed by atoms with Gasteiger partial charge in [-0.25, -0.2) is 4.98 Å². The minimum Gasteiger partial charge on any atom is -0.488 e. The summed E-state index contributed by atoms with van der Waals surface area (Å²) < 4.78 is 5.59. The molecule has 0 saturated carbocycles. The molecule has 0 aliphatic heterocycles. The van der Waals surface area contributed by atoms with Crippen LogP contribution in [0.4, 0.5) is 11.8 Å². The van der Waals surface area contributed by atoms with Gasteiger partial charge in [-0.2, -0.15) is 4.98 Å².